The van der Waals surface area contributed by atoms with Gasteiger partial charge in [-0.05, 0) is 48.3 Å². The SMILES string of the molecule is CC1(C)CC(Nc2ccc3[nH]ncc3c2)CC(C)(C)C1. The minimum atomic E-state index is 0.416. The molecule has 2 aromatic rings. The Labute approximate surface area is 121 Å². The Morgan fingerprint density at radius 3 is 2.55 bits per heavy atom. The van der Waals surface area contributed by atoms with Crippen LogP contribution in [0.1, 0.15) is 47.0 Å². The molecule has 3 rings (SSSR count). The van der Waals surface area contributed by atoms with Gasteiger partial charge in [-0.25, -0.2) is 0 Å². The summed E-state index contributed by atoms with van der Waals surface area (Å²) in [7, 11) is 0. The highest BCUT2D eigenvalue weighted by Gasteiger charge is 2.38. The van der Waals surface area contributed by atoms with Crippen molar-refractivity contribution in [3.8, 4) is 0 Å². The van der Waals surface area contributed by atoms with Crippen LogP contribution < -0.4 is 5.32 Å². The van der Waals surface area contributed by atoms with Crippen LogP contribution in [0.5, 0.6) is 0 Å². The van der Waals surface area contributed by atoms with Crippen molar-refractivity contribution in [2.24, 2.45) is 10.8 Å². The second-order valence-electron chi connectivity index (χ2n) is 7.93. The molecule has 0 amide bonds. The zero-order chi connectivity index (χ0) is 14.4. The maximum absolute atomic E-state index is 4.08. The summed E-state index contributed by atoms with van der Waals surface area (Å²) in [5.74, 6) is 0. The zero-order valence-corrected chi connectivity index (χ0v) is 13.0. The van der Waals surface area contributed by atoms with E-state index in [9.17, 15) is 0 Å². The first-order valence-corrected chi connectivity index (χ1v) is 7.53. The van der Waals surface area contributed by atoms with Crippen molar-refractivity contribution in [3.63, 3.8) is 0 Å². The number of aromatic amines is 1. The lowest BCUT2D eigenvalue weighted by Crippen LogP contribution is -2.40. The summed E-state index contributed by atoms with van der Waals surface area (Å²) in [5, 5.41) is 12.0. The van der Waals surface area contributed by atoms with Gasteiger partial charge in [0.05, 0.1) is 11.7 Å². The van der Waals surface area contributed by atoms with Gasteiger partial charge in [-0.2, -0.15) is 5.10 Å². The number of benzene rings is 1. The smallest absolute Gasteiger partial charge is 0.0651 e. The van der Waals surface area contributed by atoms with Gasteiger partial charge in [0, 0.05) is 17.1 Å². The van der Waals surface area contributed by atoms with E-state index in [2.05, 4.69) is 61.4 Å². The molecule has 1 aromatic heterocycles. The van der Waals surface area contributed by atoms with Gasteiger partial charge >= 0.3 is 0 Å². The average molecular weight is 271 g/mol. The van der Waals surface area contributed by atoms with E-state index in [0.717, 1.165) is 5.52 Å². The van der Waals surface area contributed by atoms with Crippen LogP contribution in [-0.4, -0.2) is 16.2 Å². The quantitative estimate of drug-likeness (QED) is 0.839. The molecule has 1 aliphatic carbocycles. The molecule has 0 spiro atoms. The molecule has 0 unspecified atom stereocenters. The lowest BCUT2D eigenvalue weighted by molar-refractivity contribution is 0.105. The normalized spacial score (nSPS) is 22.0. The average Bonchev–Trinajstić information content (AvgIpc) is 2.71. The molecule has 108 valence electrons. The van der Waals surface area contributed by atoms with Crippen molar-refractivity contribution in [2.45, 2.75) is 53.0 Å². The summed E-state index contributed by atoms with van der Waals surface area (Å²) in [4.78, 5) is 0. The Morgan fingerprint density at radius 2 is 1.85 bits per heavy atom. The van der Waals surface area contributed by atoms with Crippen LogP contribution in [0.4, 0.5) is 5.69 Å². The second kappa shape index (κ2) is 4.51. The van der Waals surface area contributed by atoms with Gasteiger partial charge in [0.2, 0.25) is 0 Å². The Hall–Kier alpha value is -1.51. The first-order valence-electron chi connectivity index (χ1n) is 7.53. The first kappa shape index (κ1) is 13.5. The fourth-order valence-electron chi connectivity index (χ4n) is 4.22. The summed E-state index contributed by atoms with van der Waals surface area (Å²) in [6.07, 6.45) is 5.66. The highest BCUT2D eigenvalue weighted by atomic mass is 15.1. The molecule has 1 heterocycles. The number of aromatic nitrogens is 2. The van der Waals surface area contributed by atoms with Crippen molar-refractivity contribution in [1.82, 2.24) is 10.2 Å². The third-order valence-electron chi connectivity index (χ3n) is 4.37. The van der Waals surface area contributed by atoms with E-state index in [0.29, 0.717) is 16.9 Å². The molecule has 2 N–H and O–H groups in total. The van der Waals surface area contributed by atoms with Gasteiger partial charge in [0.25, 0.3) is 0 Å². The summed E-state index contributed by atoms with van der Waals surface area (Å²) in [6.45, 7) is 9.56. The first-order chi connectivity index (χ1) is 9.33. The summed E-state index contributed by atoms with van der Waals surface area (Å²) in [6, 6.07) is 6.99. The molecular formula is C17H25N3. The lowest BCUT2D eigenvalue weighted by atomic mass is 9.63. The lowest BCUT2D eigenvalue weighted by Gasteiger charge is -2.45. The number of H-pyrrole nitrogens is 1. The van der Waals surface area contributed by atoms with E-state index >= 15 is 0 Å². The van der Waals surface area contributed by atoms with Crippen molar-refractivity contribution in [2.75, 3.05) is 5.32 Å². The van der Waals surface area contributed by atoms with Crippen LogP contribution in [0.15, 0.2) is 24.4 Å². The number of hydrogen-bond donors (Lipinski definition) is 2. The number of nitrogens with zero attached hydrogens (tertiary/aromatic N) is 1. The topological polar surface area (TPSA) is 40.7 Å². The molecule has 3 nitrogen and oxygen atoms in total. The summed E-state index contributed by atoms with van der Waals surface area (Å²) >= 11 is 0. The van der Waals surface area contributed by atoms with Crippen LogP contribution >= 0.6 is 0 Å². The number of anilines is 1. The fourth-order valence-corrected chi connectivity index (χ4v) is 4.22. The number of nitrogens with one attached hydrogen (secondary N) is 2. The maximum atomic E-state index is 4.08. The van der Waals surface area contributed by atoms with Crippen LogP contribution in [0, 0.1) is 10.8 Å². The number of fused-ring (bicyclic) bond motifs is 1. The minimum Gasteiger partial charge on any atom is -0.382 e. The standard InChI is InChI=1S/C17H25N3/c1-16(2)8-14(9-17(3,4)11-16)19-13-5-6-15-12(7-13)10-18-20-15/h5-7,10,14,19H,8-9,11H2,1-4H3,(H,18,20). The van der Waals surface area contributed by atoms with E-state index in [1.165, 1.54) is 30.3 Å². The monoisotopic (exact) mass is 271 g/mol. The van der Waals surface area contributed by atoms with Crippen molar-refractivity contribution in [1.29, 1.82) is 0 Å². The molecule has 1 saturated carbocycles. The van der Waals surface area contributed by atoms with Crippen LogP contribution in [-0.2, 0) is 0 Å². The molecule has 1 fully saturated rings. The Kier molecular flexibility index (Phi) is 3.03. The van der Waals surface area contributed by atoms with E-state index in [-0.39, 0.29) is 0 Å². The number of hydrogen-bond acceptors (Lipinski definition) is 2. The van der Waals surface area contributed by atoms with Gasteiger partial charge in [0.1, 0.15) is 0 Å². The molecule has 20 heavy (non-hydrogen) atoms. The third kappa shape index (κ3) is 2.82. The van der Waals surface area contributed by atoms with E-state index < -0.39 is 0 Å². The van der Waals surface area contributed by atoms with Crippen LogP contribution in [0.2, 0.25) is 0 Å². The van der Waals surface area contributed by atoms with Gasteiger partial charge in [-0.15, -0.1) is 0 Å². The molecule has 0 aliphatic heterocycles. The molecule has 3 heteroatoms. The highest BCUT2D eigenvalue weighted by molar-refractivity contribution is 5.81. The van der Waals surface area contributed by atoms with Crippen LogP contribution in [0.25, 0.3) is 10.9 Å². The van der Waals surface area contributed by atoms with E-state index in [4.69, 9.17) is 0 Å². The van der Waals surface area contributed by atoms with Crippen molar-refractivity contribution < 1.29 is 0 Å². The molecule has 0 saturated heterocycles. The van der Waals surface area contributed by atoms with Gasteiger partial charge in [-0.1, -0.05) is 27.7 Å². The number of rotatable bonds is 2. The predicted octanol–water partition coefficient (Wildman–Crippen LogP) is 4.58. The predicted molar refractivity (Wildman–Crippen MR) is 84.9 cm³/mol. The van der Waals surface area contributed by atoms with Crippen molar-refractivity contribution >= 4 is 16.6 Å². The Morgan fingerprint density at radius 1 is 1.15 bits per heavy atom. The Bertz CT molecular complexity index is 593. The maximum Gasteiger partial charge on any atom is 0.0651 e. The second-order valence-corrected chi connectivity index (χ2v) is 7.93. The molecule has 1 aromatic carbocycles. The van der Waals surface area contributed by atoms with Crippen molar-refractivity contribution in [3.05, 3.63) is 24.4 Å². The van der Waals surface area contributed by atoms with Crippen LogP contribution in [0.3, 0.4) is 0 Å². The highest BCUT2D eigenvalue weighted by Crippen LogP contribution is 2.46. The zero-order valence-electron chi connectivity index (χ0n) is 13.0. The third-order valence-corrected chi connectivity index (χ3v) is 4.37. The minimum absolute atomic E-state index is 0.416. The molecule has 0 bridgehead atoms. The largest absolute Gasteiger partial charge is 0.382 e. The molecule has 1 aliphatic rings. The summed E-state index contributed by atoms with van der Waals surface area (Å²) in [5.41, 5.74) is 3.13. The van der Waals surface area contributed by atoms with E-state index in [1.807, 2.05) is 6.20 Å². The molecular weight excluding hydrogens is 246 g/mol. The summed E-state index contributed by atoms with van der Waals surface area (Å²) < 4.78 is 0. The van der Waals surface area contributed by atoms with Gasteiger partial charge in [-0.3, -0.25) is 5.10 Å². The Balaban J connectivity index is 1.79. The van der Waals surface area contributed by atoms with Gasteiger partial charge < -0.3 is 5.32 Å². The fraction of sp³-hybridized carbons (Fsp3) is 0.588. The van der Waals surface area contributed by atoms with Gasteiger partial charge in [0.15, 0.2) is 0 Å². The molecule has 0 radical (unpaired) electrons. The van der Waals surface area contributed by atoms with E-state index in [1.54, 1.807) is 0 Å². The molecule has 0 atom stereocenters.